The van der Waals surface area contributed by atoms with E-state index in [1.54, 1.807) is 0 Å². The molecule has 24 heteroatoms. The Morgan fingerprint density at radius 3 is 2.13 bits per heavy atom. The van der Waals surface area contributed by atoms with Crippen LogP contribution in [-0.2, 0) is 36.7 Å². The van der Waals surface area contributed by atoms with E-state index < -0.39 is 83.5 Å². The van der Waals surface area contributed by atoms with Crippen LogP contribution in [0.25, 0.3) is 22.2 Å². The van der Waals surface area contributed by atoms with E-state index in [4.69, 9.17) is 62.4 Å². The van der Waals surface area contributed by atoms with Gasteiger partial charge in [-0.1, -0.05) is 23.2 Å². The number of ether oxygens (including phenoxy) is 2. The Kier molecular flexibility index (Phi) is 8.37. The quantitative estimate of drug-likeness (QED) is 0.183. The van der Waals surface area contributed by atoms with E-state index in [9.17, 15) is 33.9 Å². The number of aliphatic hydroxyl groups excluding tert-OH is 2. The molecule has 6 heterocycles. The number of halogens is 3. The molecule has 0 aliphatic carbocycles. The average molecular weight is 746 g/mol. The molecule has 3 saturated heterocycles. The number of phosphoric ester groups is 2. The van der Waals surface area contributed by atoms with Crippen molar-refractivity contribution in [2.75, 3.05) is 13.2 Å². The van der Waals surface area contributed by atoms with E-state index in [0.29, 0.717) is 0 Å². The molecule has 3 aliphatic rings. The summed E-state index contributed by atoms with van der Waals surface area (Å²) in [7, 11) is -10.1. The van der Waals surface area contributed by atoms with E-state index in [2.05, 4.69) is 19.9 Å². The topological polar surface area (TPSA) is 252 Å². The molecule has 3 fully saturated rings. The Hall–Kier alpha value is -2.03. The fraction of sp³-hybridized carbons (Fsp3) is 0.455. The van der Waals surface area contributed by atoms with Crippen molar-refractivity contribution in [1.82, 2.24) is 29.1 Å². The summed E-state index contributed by atoms with van der Waals surface area (Å²) >= 11 is 18.6. The lowest BCUT2D eigenvalue weighted by Gasteiger charge is -2.27. The maximum absolute atomic E-state index is 13.1. The number of phosphoric acid groups is 2. The van der Waals surface area contributed by atoms with Crippen molar-refractivity contribution in [1.29, 1.82) is 0 Å². The highest BCUT2D eigenvalue weighted by atomic mass is 35.5. The van der Waals surface area contributed by atoms with Gasteiger partial charge < -0.3 is 34.5 Å². The summed E-state index contributed by atoms with van der Waals surface area (Å²) in [5.41, 5.74) is -0.137. The summed E-state index contributed by atoms with van der Waals surface area (Å²) in [5, 5.41) is 22.5. The third kappa shape index (κ3) is 5.72. The predicted molar refractivity (Wildman–Crippen MR) is 154 cm³/mol. The number of hydrogen-bond donors (Lipinski definition) is 5. The number of hydrogen-bond acceptors (Lipinski definition) is 14. The van der Waals surface area contributed by atoms with Crippen LogP contribution in [0.3, 0.4) is 0 Å². The highest BCUT2D eigenvalue weighted by molar-refractivity contribution is 7.47. The molecule has 0 saturated carbocycles. The summed E-state index contributed by atoms with van der Waals surface area (Å²) < 4.78 is 61.1. The fourth-order valence-electron chi connectivity index (χ4n) is 5.47. The minimum atomic E-state index is -5.07. The minimum Gasteiger partial charge on any atom is -0.386 e. The Morgan fingerprint density at radius 2 is 1.48 bits per heavy atom. The van der Waals surface area contributed by atoms with Gasteiger partial charge >= 0.3 is 15.6 Å². The second-order valence-electron chi connectivity index (χ2n) is 10.3. The van der Waals surface area contributed by atoms with Crippen LogP contribution in [-0.4, -0.2) is 98.9 Å². The number of aliphatic hydroxyl groups is 2. The Bertz CT molecular complexity index is 1990. The maximum atomic E-state index is 13.1. The largest absolute Gasteiger partial charge is 0.472 e. The maximum Gasteiger partial charge on any atom is 0.472 e. The van der Waals surface area contributed by atoms with Crippen molar-refractivity contribution in [3.8, 4) is 0 Å². The molecular weight excluding hydrogens is 725 g/mol. The van der Waals surface area contributed by atoms with E-state index in [0.717, 1.165) is 12.7 Å². The first-order valence-electron chi connectivity index (χ1n) is 13.1. The molecule has 0 bridgehead atoms. The van der Waals surface area contributed by atoms with Gasteiger partial charge in [0.05, 0.1) is 46.9 Å². The van der Waals surface area contributed by atoms with Crippen LogP contribution in [0, 0.1) is 0 Å². The van der Waals surface area contributed by atoms with Crippen LogP contribution in [0.4, 0.5) is 0 Å². The molecule has 5 N–H and O–H groups in total. The van der Waals surface area contributed by atoms with Crippen LogP contribution < -0.4 is 5.56 Å². The molecule has 248 valence electrons. The fourth-order valence-corrected chi connectivity index (χ4v) is 7.99. The number of rotatable bonds is 2. The van der Waals surface area contributed by atoms with Gasteiger partial charge in [-0.25, -0.2) is 24.1 Å². The number of H-pyrrole nitrogens is 1. The van der Waals surface area contributed by atoms with E-state index in [1.807, 2.05) is 0 Å². The Labute approximate surface area is 270 Å². The number of fused-ring (bicyclic) bond motifs is 4. The van der Waals surface area contributed by atoms with Crippen molar-refractivity contribution in [2.24, 2.45) is 0 Å². The molecule has 4 aromatic rings. The number of imidazole rings is 2. The zero-order valence-corrected chi connectivity index (χ0v) is 26.6. The van der Waals surface area contributed by atoms with Crippen molar-refractivity contribution >= 4 is 72.6 Å². The lowest BCUT2D eigenvalue weighted by molar-refractivity contribution is -0.0663. The number of nitrogens with zero attached hydrogens (tertiary/aromatic N) is 5. The summed E-state index contributed by atoms with van der Waals surface area (Å²) in [6.45, 7) is -1.67. The molecule has 46 heavy (non-hydrogen) atoms. The van der Waals surface area contributed by atoms with Gasteiger partial charge in [0.2, 0.25) is 5.28 Å². The van der Waals surface area contributed by atoms with E-state index >= 15 is 0 Å². The molecule has 7 rings (SSSR count). The highest BCUT2D eigenvalue weighted by Crippen LogP contribution is 2.54. The SMILES string of the molecule is O=c1[nH]cnc2c1ncn2[C@@H]1O[C@@H]2COP(=O)(O)OC3C(O)[C@H](n4c(Cl)nc5cc(Cl)c(Cl)cc54)O[C@@H]3COP(=O)(O)OC2C1O. The van der Waals surface area contributed by atoms with Crippen LogP contribution in [0.5, 0.6) is 0 Å². The van der Waals surface area contributed by atoms with Crippen LogP contribution in [0.2, 0.25) is 15.3 Å². The Balaban J connectivity index is 1.18. The van der Waals surface area contributed by atoms with Gasteiger partial charge in [-0.05, 0) is 23.7 Å². The third-order valence-electron chi connectivity index (χ3n) is 7.51. The van der Waals surface area contributed by atoms with Gasteiger partial charge in [0.1, 0.15) is 36.6 Å². The summed E-state index contributed by atoms with van der Waals surface area (Å²) in [6.07, 6.45) is -10.5. The van der Waals surface area contributed by atoms with Gasteiger partial charge in [0.25, 0.3) is 5.56 Å². The zero-order valence-electron chi connectivity index (χ0n) is 22.6. The first-order chi connectivity index (χ1) is 21.7. The summed E-state index contributed by atoms with van der Waals surface area (Å²) in [6, 6.07) is 2.83. The Morgan fingerprint density at radius 1 is 0.891 bits per heavy atom. The highest BCUT2D eigenvalue weighted by Gasteiger charge is 2.54. The number of aromatic amines is 1. The molecule has 1 aromatic carbocycles. The lowest BCUT2D eigenvalue weighted by atomic mass is 10.1. The first-order valence-corrected chi connectivity index (χ1v) is 17.3. The molecule has 10 atom stereocenters. The van der Waals surface area contributed by atoms with Gasteiger partial charge in [-0.15, -0.1) is 0 Å². The lowest BCUT2D eigenvalue weighted by Crippen LogP contribution is -2.39. The second kappa shape index (κ2) is 11.8. The van der Waals surface area contributed by atoms with E-state index in [-0.39, 0.29) is 37.5 Å². The predicted octanol–water partition coefficient (Wildman–Crippen LogP) is 1.66. The molecule has 6 unspecified atom stereocenters. The molecule has 0 radical (unpaired) electrons. The van der Waals surface area contributed by atoms with Gasteiger partial charge in [0.15, 0.2) is 23.6 Å². The van der Waals surface area contributed by atoms with Gasteiger partial charge in [-0.2, -0.15) is 0 Å². The summed E-state index contributed by atoms with van der Waals surface area (Å²) in [5.74, 6) is 0. The van der Waals surface area contributed by atoms with Gasteiger partial charge in [0, 0.05) is 0 Å². The average Bonchev–Trinajstić information content (AvgIpc) is 3.71. The minimum absolute atomic E-state index is 0.00436. The van der Waals surface area contributed by atoms with Crippen LogP contribution in [0.15, 0.2) is 29.6 Å². The smallest absolute Gasteiger partial charge is 0.386 e. The van der Waals surface area contributed by atoms with Crippen molar-refractivity contribution in [2.45, 2.75) is 49.1 Å². The van der Waals surface area contributed by atoms with Crippen molar-refractivity contribution < 1.29 is 56.7 Å². The number of benzene rings is 1. The molecular formula is C22H21Cl3N6O13P2. The third-order valence-corrected chi connectivity index (χ3v) is 10.5. The normalized spacial score (nSPS) is 37.2. The molecule has 0 amide bonds. The second-order valence-corrected chi connectivity index (χ2v) is 14.3. The van der Waals surface area contributed by atoms with Gasteiger partial charge in [-0.3, -0.25) is 32.0 Å². The monoisotopic (exact) mass is 744 g/mol. The standard InChI is InChI=1S/C22H21Cl3N6O13P2/c23-7-1-9-10(2-8(7)24)31(22(25)29-9)21-15(33)17-12(42-21)4-40-45(35,36)43-16-11(3-39-46(37,38)44-17)41-20(14(16)32)30-6-28-13-18(30)26-5-27-19(13)34/h1-2,5-6,11-12,14-17,20-21,32-33H,3-4H2,(H,35,36)(H,37,38)(H,26,27,34)/t11-,12-,14?,15?,16?,17?,20-,21-/m1/s1. The van der Waals surface area contributed by atoms with Crippen molar-refractivity contribution in [3.05, 3.63) is 50.5 Å². The molecule has 3 aliphatic heterocycles. The van der Waals surface area contributed by atoms with Crippen molar-refractivity contribution in [3.63, 3.8) is 0 Å². The summed E-state index contributed by atoms with van der Waals surface area (Å²) in [4.78, 5) is 47.8. The zero-order chi connectivity index (χ0) is 32.7. The molecule has 19 nitrogen and oxygen atoms in total. The molecule has 0 spiro atoms. The first kappa shape index (κ1) is 32.5. The van der Waals surface area contributed by atoms with Crippen LogP contribution in [0.1, 0.15) is 12.5 Å². The number of nitrogens with one attached hydrogen (secondary N) is 1. The molecule has 3 aromatic heterocycles. The van der Waals surface area contributed by atoms with Crippen LogP contribution >= 0.6 is 50.4 Å². The van der Waals surface area contributed by atoms with E-state index in [1.165, 1.54) is 21.3 Å². The number of aromatic nitrogens is 6.